The third kappa shape index (κ3) is 3.65. The summed E-state index contributed by atoms with van der Waals surface area (Å²) < 4.78 is 0. The van der Waals surface area contributed by atoms with Gasteiger partial charge in [-0.2, -0.15) is 0 Å². The van der Waals surface area contributed by atoms with Gasteiger partial charge < -0.3 is 10.4 Å². The number of fused-ring (bicyclic) bond motifs is 2. The Balaban J connectivity index is 2.09. The standard InChI is InChI=1S/C23H31NO/c1-3-4-5-10-18-17-19-11-6-8-13-21(19)23(2,24-15-16-25)22-14-9-7-12-20(18)22/h6-9,11-14,18,24-25H,3-5,10,15-17H2,1-2H3/p+1. The predicted octanol–water partition coefficient (Wildman–Crippen LogP) is 3.73. The van der Waals surface area contributed by atoms with Crippen LogP contribution in [0, 0.1) is 0 Å². The molecule has 0 spiro atoms. The summed E-state index contributed by atoms with van der Waals surface area (Å²) in [6, 6.07) is 17.9. The van der Waals surface area contributed by atoms with Crippen LogP contribution in [0.4, 0.5) is 0 Å². The minimum atomic E-state index is -0.130. The van der Waals surface area contributed by atoms with Crippen LogP contribution in [0.25, 0.3) is 0 Å². The van der Waals surface area contributed by atoms with Crippen LogP contribution < -0.4 is 5.32 Å². The Morgan fingerprint density at radius 1 is 1.04 bits per heavy atom. The van der Waals surface area contributed by atoms with Crippen LogP contribution in [-0.2, 0) is 12.0 Å². The molecule has 3 N–H and O–H groups in total. The smallest absolute Gasteiger partial charge is 0.145 e. The Bertz CT molecular complexity index is 696. The molecule has 3 rings (SSSR count). The summed E-state index contributed by atoms with van der Waals surface area (Å²) in [6.45, 7) is 5.53. The number of hydrogen-bond acceptors (Lipinski definition) is 1. The second kappa shape index (κ2) is 8.16. The van der Waals surface area contributed by atoms with Crippen molar-refractivity contribution < 1.29 is 10.4 Å². The number of aliphatic hydroxyl groups excluding tert-OH is 1. The van der Waals surface area contributed by atoms with E-state index < -0.39 is 0 Å². The average molecular weight is 339 g/mol. The zero-order valence-corrected chi connectivity index (χ0v) is 15.7. The van der Waals surface area contributed by atoms with Gasteiger partial charge in [-0.15, -0.1) is 0 Å². The van der Waals surface area contributed by atoms with E-state index in [1.54, 1.807) is 0 Å². The zero-order valence-electron chi connectivity index (χ0n) is 15.7. The molecule has 2 aromatic rings. The first-order valence-corrected chi connectivity index (χ1v) is 9.83. The van der Waals surface area contributed by atoms with E-state index in [9.17, 15) is 5.11 Å². The van der Waals surface area contributed by atoms with Gasteiger partial charge in [0.25, 0.3) is 0 Å². The molecule has 134 valence electrons. The molecule has 2 aromatic carbocycles. The number of benzene rings is 2. The number of nitrogens with two attached hydrogens (primary N) is 1. The number of quaternary nitrogens is 1. The SMILES string of the molecule is CCCCCC1Cc2ccccc2C(C)([NH2+]CCO)c2ccccc21. The van der Waals surface area contributed by atoms with Crippen molar-refractivity contribution in [1.82, 2.24) is 0 Å². The molecule has 0 bridgehead atoms. The molecule has 1 aliphatic carbocycles. The lowest BCUT2D eigenvalue weighted by Crippen LogP contribution is -2.95. The summed E-state index contributed by atoms with van der Waals surface area (Å²) in [7, 11) is 0. The van der Waals surface area contributed by atoms with Crippen LogP contribution in [0.3, 0.4) is 0 Å². The lowest BCUT2D eigenvalue weighted by atomic mass is 9.80. The lowest BCUT2D eigenvalue weighted by Gasteiger charge is -2.30. The van der Waals surface area contributed by atoms with E-state index in [-0.39, 0.29) is 12.1 Å². The average Bonchev–Trinajstić information content (AvgIpc) is 2.75. The fourth-order valence-corrected chi connectivity index (χ4v) is 4.52. The molecule has 0 saturated carbocycles. The number of unbranched alkanes of at least 4 members (excludes halogenated alkanes) is 2. The van der Waals surface area contributed by atoms with Crippen LogP contribution >= 0.6 is 0 Å². The summed E-state index contributed by atoms with van der Waals surface area (Å²) in [5, 5.41) is 11.8. The maximum atomic E-state index is 9.44. The van der Waals surface area contributed by atoms with Crippen LogP contribution in [0.1, 0.15) is 67.7 Å². The maximum Gasteiger partial charge on any atom is 0.145 e. The summed E-state index contributed by atoms with van der Waals surface area (Å²) in [5.41, 5.74) is 5.68. The molecule has 0 radical (unpaired) electrons. The molecule has 2 nitrogen and oxygen atoms in total. The second-order valence-corrected chi connectivity index (χ2v) is 7.56. The van der Waals surface area contributed by atoms with Crippen LogP contribution in [0.2, 0.25) is 0 Å². The number of hydrogen-bond donors (Lipinski definition) is 2. The topological polar surface area (TPSA) is 36.8 Å². The van der Waals surface area contributed by atoms with Gasteiger partial charge in [0.1, 0.15) is 5.54 Å². The van der Waals surface area contributed by atoms with Crippen molar-refractivity contribution in [3.05, 3.63) is 70.8 Å². The molecular formula is C23H32NO+. The largest absolute Gasteiger partial charge is 0.391 e. The first-order chi connectivity index (χ1) is 12.2. The summed E-state index contributed by atoms with van der Waals surface area (Å²) in [5.74, 6) is 0.591. The third-order valence-electron chi connectivity index (χ3n) is 5.84. The molecule has 0 aromatic heterocycles. The Kier molecular flexibility index (Phi) is 5.93. The molecule has 0 heterocycles. The van der Waals surface area contributed by atoms with E-state index >= 15 is 0 Å². The highest BCUT2D eigenvalue weighted by atomic mass is 16.3. The monoisotopic (exact) mass is 338 g/mol. The van der Waals surface area contributed by atoms with Crippen molar-refractivity contribution in [3.8, 4) is 0 Å². The molecule has 2 unspecified atom stereocenters. The van der Waals surface area contributed by atoms with Gasteiger partial charge in [0.05, 0.1) is 13.2 Å². The van der Waals surface area contributed by atoms with Gasteiger partial charge in [-0.05, 0) is 36.8 Å². The third-order valence-corrected chi connectivity index (χ3v) is 5.84. The van der Waals surface area contributed by atoms with Gasteiger partial charge in [-0.1, -0.05) is 74.7 Å². The Hall–Kier alpha value is -1.64. The van der Waals surface area contributed by atoms with Gasteiger partial charge in [0.2, 0.25) is 0 Å². The molecule has 2 atom stereocenters. The zero-order chi connectivity index (χ0) is 17.7. The molecular weight excluding hydrogens is 306 g/mol. The van der Waals surface area contributed by atoms with Gasteiger partial charge in [-0.3, -0.25) is 0 Å². The summed E-state index contributed by atoms with van der Waals surface area (Å²) in [6.07, 6.45) is 6.27. The fraction of sp³-hybridized carbons (Fsp3) is 0.478. The normalized spacial score (nSPS) is 22.1. The molecule has 0 amide bonds. The molecule has 1 aliphatic rings. The first kappa shape index (κ1) is 18.2. The number of aliphatic hydroxyl groups is 1. The van der Waals surface area contributed by atoms with Crippen molar-refractivity contribution in [3.63, 3.8) is 0 Å². The van der Waals surface area contributed by atoms with Gasteiger partial charge >= 0.3 is 0 Å². The Morgan fingerprint density at radius 3 is 2.52 bits per heavy atom. The highest BCUT2D eigenvalue weighted by Crippen LogP contribution is 2.41. The lowest BCUT2D eigenvalue weighted by molar-refractivity contribution is -0.723. The molecule has 0 fully saturated rings. The van der Waals surface area contributed by atoms with Crippen LogP contribution in [-0.4, -0.2) is 18.3 Å². The molecule has 0 aliphatic heterocycles. The van der Waals surface area contributed by atoms with Crippen molar-refractivity contribution in [2.75, 3.05) is 13.2 Å². The number of rotatable bonds is 7. The first-order valence-electron chi connectivity index (χ1n) is 9.83. The quantitative estimate of drug-likeness (QED) is 0.742. The highest BCUT2D eigenvalue weighted by Gasteiger charge is 2.40. The van der Waals surface area contributed by atoms with Crippen LogP contribution in [0.15, 0.2) is 48.5 Å². The maximum absolute atomic E-state index is 9.44. The predicted molar refractivity (Wildman–Crippen MR) is 104 cm³/mol. The molecule has 2 heteroatoms. The van der Waals surface area contributed by atoms with Crippen molar-refractivity contribution in [2.45, 2.75) is 57.4 Å². The minimum absolute atomic E-state index is 0.130. The Labute approximate surface area is 152 Å². The van der Waals surface area contributed by atoms with Crippen molar-refractivity contribution >= 4 is 0 Å². The van der Waals surface area contributed by atoms with Crippen molar-refractivity contribution in [2.24, 2.45) is 0 Å². The minimum Gasteiger partial charge on any atom is -0.391 e. The van der Waals surface area contributed by atoms with E-state index in [1.165, 1.54) is 47.9 Å². The van der Waals surface area contributed by atoms with Crippen LogP contribution in [0.5, 0.6) is 0 Å². The van der Waals surface area contributed by atoms with E-state index in [4.69, 9.17) is 0 Å². The molecule has 0 saturated heterocycles. The highest BCUT2D eigenvalue weighted by molar-refractivity contribution is 5.48. The van der Waals surface area contributed by atoms with E-state index in [1.807, 2.05) is 0 Å². The van der Waals surface area contributed by atoms with Gasteiger partial charge in [-0.25, -0.2) is 0 Å². The van der Waals surface area contributed by atoms with Gasteiger partial charge in [0.15, 0.2) is 0 Å². The summed E-state index contributed by atoms with van der Waals surface area (Å²) in [4.78, 5) is 0. The van der Waals surface area contributed by atoms with Crippen molar-refractivity contribution in [1.29, 1.82) is 0 Å². The summed E-state index contributed by atoms with van der Waals surface area (Å²) >= 11 is 0. The van der Waals surface area contributed by atoms with Gasteiger partial charge in [0, 0.05) is 11.1 Å². The fourth-order valence-electron chi connectivity index (χ4n) is 4.52. The molecule has 25 heavy (non-hydrogen) atoms. The van der Waals surface area contributed by atoms with E-state index in [0.29, 0.717) is 5.92 Å². The van der Waals surface area contributed by atoms with E-state index in [2.05, 4.69) is 67.7 Å². The van der Waals surface area contributed by atoms with E-state index in [0.717, 1.165) is 13.0 Å². The second-order valence-electron chi connectivity index (χ2n) is 7.56. The Morgan fingerprint density at radius 2 is 1.76 bits per heavy atom.